The Morgan fingerprint density at radius 1 is 0.833 bits per heavy atom. The summed E-state index contributed by atoms with van der Waals surface area (Å²) in [4.78, 5) is 25.9. The molecule has 0 aliphatic rings. The van der Waals surface area contributed by atoms with Crippen LogP contribution in [0.1, 0.15) is 28.5 Å². The normalized spacial score (nSPS) is 11.3. The summed E-state index contributed by atoms with van der Waals surface area (Å²) in [6, 6.07) is 28.9. The lowest BCUT2D eigenvalue weighted by Gasteiger charge is -2.12. The smallest absolute Gasteiger partial charge is 0.340 e. The van der Waals surface area contributed by atoms with E-state index in [1.165, 1.54) is 6.08 Å². The van der Waals surface area contributed by atoms with E-state index in [1.807, 2.05) is 91.9 Å². The second-order valence-electron chi connectivity index (χ2n) is 8.33. The SMILES string of the molecule is CCOC(=O)c1c(C)n(-c2ccccc2)c2c1cc(OC(=O)C=Cc1ccccc1)c1ccccc12. The summed E-state index contributed by atoms with van der Waals surface area (Å²) in [5, 5.41) is 2.31. The van der Waals surface area contributed by atoms with E-state index in [4.69, 9.17) is 9.47 Å². The van der Waals surface area contributed by atoms with Crippen LogP contribution >= 0.6 is 0 Å². The molecule has 1 heterocycles. The minimum atomic E-state index is -0.500. The van der Waals surface area contributed by atoms with E-state index in [1.54, 1.807) is 19.1 Å². The predicted molar refractivity (Wildman–Crippen MR) is 143 cm³/mol. The van der Waals surface area contributed by atoms with Crippen LogP contribution in [0.3, 0.4) is 0 Å². The van der Waals surface area contributed by atoms with Crippen LogP contribution in [-0.2, 0) is 9.53 Å². The highest BCUT2D eigenvalue weighted by Gasteiger charge is 2.25. The van der Waals surface area contributed by atoms with Gasteiger partial charge in [-0.1, -0.05) is 72.8 Å². The minimum Gasteiger partial charge on any atom is -0.462 e. The molecule has 0 bridgehead atoms. The van der Waals surface area contributed by atoms with Crippen molar-refractivity contribution in [2.75, 3.05) is 6.61 Å². The summed E-state index contributed by atoms with van der Waals surface area (Å²) in [5.74, 6) is -0.525. The van der Waals surface area contributed by atoms with Crippen LogP contribution in [0.4, 0.5) is 0 Å². The monoisotopic (exact) mass is 475 g/mol. The second-order valence-corrected chi connectivity index (χ2v) is 8.33. The molecule has 0 N–H and O–H groups in total. The van der Waals surface area contributed by atoms with Crippen LogP contribution < -0.4 is 4.74 Å². The van der Waals surface area contributed by atoms with Crippen molar-refractivity contribution >= 4 is 39.7 Å². The highest BCUT2D eigenvalue weighted by Crippen LogP contribution is 2.39. The first-order valence-corrected chi connectivity index (χ1v) is 11.8. The third-order valence-corrected chi connectivity index (χ3v) is 6.08. The lowest BCUT2D eigenvalue weighted by atomic mass is 10.0. The van der Waals surface area contributed by atoms with Gasteiger partial charge >= 0.3 is 11.9 Å². The number of para-hydroxylation sites is 1. The molecule has 5 rings (SSSR count). The van der Waals surface area contributed by atoms with Crippen molar-refractivity contribution in [1.29, 1.82) is 0 Å². The number of hydrogen-bond acceptors (Lipinski definition) is 4. The average molecular weight is 476 g/mol. The third-order valence-electron chi connectivity index (χ3n) is 6.08. The Morgan fingerprint density at radius 3 is 2.17 bits per heavy atom. The lowest BCUT2D eigenvalue weighted by Crippen LogP contribution is -2.07. The number of benzene rings is 4. The van der Waals surface area contributed by atoms with Crippen molar-refractivity contribution in [2.45, 2.75) is 13.8 Å². The molecule has 1 aromatic heterocycles. The summed E-state index contributed by atoms with van der Waals surface area (Å²) in [5.41, 5.74) is 3.90. The molecule has 0 fully saturated rings. The number of fused-ring (bicyclic) bond motifs is 3. The number of rotatable bonds is 6. The molecule has 0 spiro atoms. The van der Waals surface area contributed by atoms with Gasteiger partial charge in [-0.05, 0) is 43.7 Å². The second kappa shape index (κ2) is 9.92. The van der Waals surface area contributed by atoms with Crippen molar-refractivity contribution in [3.63, 3.8) is 0 Å². The van der Waals surface area contributed by atoms with Gasteiger partial charge in [0.2, 0.25) is 0 Å². The van der Waals surface area contributed by atoms with Gasteiger partial charge in [0.25, 0.3) is 0 Å². The molecule has 0 radical (unpaired) electrons. The van der Waals surface area contributed by atoms with Crippen molar-refractivity contribution in [3.05, 3.63) is 114 Å². The predicted octanol–water partition coefficient (Wildman–Crippen LogP) is 6.89. The Morgan fingerprint density at radius 2 is 1.47 bits per heavy atom. The zero-order valence-corrected chi connectivity index (χ0v) is 20.1. The third kappa shape index (κ3) is 4.27. The molecule has 0 amide bonds. The maximum Gasteiger partial charge on any atom is 0.340 e. The van der Waals surface area contributed by atoms with Crippen molar-refractivity contribution < 1.29 is 19.1 Å². The Balaban J connectivity index is 1.71. The highest BCUT2D eigenvalue weighted by molar-refractivity contribution is 6.17. The summed E-state index contributed by atoms with van der Waals surface area (Å²) in [6.45, 7) is 3.95. The van der Waals surface area contributed by atoms with Crippen LogP contribution in [0.5, 0.6) is 5.75 Å². The van der Waals surface area contributed by atoms with Crippen LogP contribution in [0, 0.1) is 6.92 Å². The molecule has 0 aliphatic heterocycles. The number of aromatic nitrogens is 1. The number of hydrogen-bond donors (Lipinski definition) is 0. The molecule has 0 aliphatic carbocycles. The molecular weight excluding hydrogens is 450 g/mol. The van der Waals surface area contributed by atoms with Gasteiger partial charge in [0.05, 0.1) is 17.7 Å². The van der Waals surface area contributed by atoms with Gasteiger partial charge in [0, 0.05) is 33.6 Å². The number of ether oxygens (including phenoxy) is 2. The first kappa shape index (κ1) is 23.1. The molecule has 5 nitrogen and oxygen atoms in total. The zero-order chi connectivity index (χ0) is 25.1. The van der Waals surface area contributed by atoms with Gasteiger partial charge in [0.15, 0.2) is 0 Å². The van der Waals surface area contributed by atoms with Crippen LogP contribution in [0.15, 0.2) is 97.1 Å². The van der Waals surface area contributed by atoms with Gasteiger partial charge < -0.3 is 14.0 Å². The number of carbonyl (C=O) groups excluding carboxylic acids is 2. The van der Waals surface area contributed by atoms with E-state index < -0.39 is 11.9 Å². The summed E-state index contributed by atoms with van der Waals surface area (Å²) in [6.07, 6.45) is 3.12. The fraction of sp³-hybridized carbons (Fsp3) is 0.0968. The van der Waals surface area contributed by atoms with Crippen molar-refractivity contribution in [3.8, 4) is 11.4 Å². The first-order chi connectivity index (χ1) is 17.6. The van der Waals surface area contributed by atoms with Gasteiger partial charge in [0.1, 0.15) is 5.75 Å². The molecule has 0 saturated carbocycles. The molecule has 5 aromatic rings. The van der Waals surface area contributed by atoms with E-state index in [0.717, 1.165) is 33.2 Å². The molecule has 4 aromatic carbocycles. The number of carbonyl (C=O) groups is 2. The molecule has 0 atom stereocenters. The summed E-state index contributed by atoms with van der Waals surface area (Å²) >= 11 is 0. The quantitative estimate of drug-likeness (QED) is 0.152. The standard InChI is InChI=1S/C31H25NO4/c1-3-35-31(34)29-21(2)32(23-14-8-5-9-15-23)30-25-17-11-10-16-24(25)27(20-26(29)30)36-28(33)19-18-22-12-6-4-7-13-22/h4-20H,3H2,1-2H3. The Kier molecular flexibility index (Phi) is 6.37. The van der Waals surface area contributed by atoms with Gasteiger partial charge in [-0.25, -0.2) is 9.59 Å². The van der Waals surface area contributed by atoms with E-state index in [9.17, 15) is 9.59 Å². The molecule has 36 heavy (non-hydrogen) atoms. The largest absolute Gasteiger partial charge is 0.462 e. The fourth-order valence-corrected chi connectivity index (χ4v) is 4.55. The van der Waals surface area contributed by atoms with Crippen LogP contribution in [0.25, 0.3) is 33.4 Å². The molecular formula is C31H25NO4. The number of nitrogens with zero attached hydrogens (tertiary/aromatic N) is 1. The highest BCUT2D eigenvalue weighted by atomic mass is 16.5. The summed E-state index contributed by atoms with van der Waals surface area (Å²) < 4.78 is 13.3. The maximum absolute atomic E-state index is 13.1. The van der Waals surface area contributed by atoms with Crippen LogP contribution in [-0.4, -0.2) is 23.1 Å². The van der Waals surface area contributed by atoms with E-state index in [0.29, 0.717) is 16.7 Å². The maximum atomic E-state index is 13.1. The molecule has 0 saturated heterocycles. The molecule has 0 unspecified atom stereocenters. The van der Waals surface area contributed by atoms with Gasteiger partial charge in [-0.3, -0.25) is 0 Å². The van der Waals surface area contributed by atoms with Gasteiger partial charge in [-0.15, -0.1) is 0 Å². The topological polar surface area (TPSA) is 57.5 Å². The van der Waals surface area contributed by atoms with Crippen molar-refractivity contribution in [1.82, 2.24) is 4.57 Å². The number of esters is 2. The zero-order valence-electron chi connectivity index (χ0n) is 20.1. The van der Waals surface area contributed by atoms with E-state index in [2.05, 4.69) is 4.57 Å². The van der Waals surface area contributed by atoms with E-state index in [-0.39, 0.29) is 6.61 Å². The Bertz CT molecular complexity index is 1600. The molecule has 5 heteroatoms. The lowest BCUT2D eigenvalue weighted by molar-refractivity contribution is -0.128. The van der Waals surface area contributed by atoms with Crippen molar-refractivity contribution in [2.24, 2.45) is 0 Å². The van der Waals surface area contributed by atoms with Crippen LogP contribution in [0.2, 0.25) is 0 Å². The fourth-order valence-electron chi connectivity index (χ4n) is 4.55. The molecule has 178 valence electrons. The summed E-state index contributed by atoms with van der Waals surface area (Å²) in [7, 11) is 0. The first-order valence-electron chi connectivity index (χ1n) is 11.8. The van der Waals surface area contributed by atoms with E-state index >= 15 is 0 Å². The Labute approximate surface area is 209 Å². The van der Waals surface area contributed by atoms with Gasteiger partial charge in [-0.2, -0.15) is 0 Å². The minimum absolute atomic E-state index is 0.260. The Hall–Kier alpha value is -4.64. The average Bonchev–Trinajstić information content (AvgIpc) is 3.20.